The van der Waals surface area contributed by atoms with E-state index in [2.05, 4.69) is 15.5 Å². The van der Waals surface area contributed by atoms with Crippen molar-refractivity contribution in [3.05, 3.63) is 71.8 Å². The van der Waals surface area contributed by atoms with Crippen molar-refractivity contribution in [3.63, 3.8) is 0 Å². The Bertz CT molecular complexity index is 758. The van der Waals surface area contributed by atoms with Gasteiger partial charge in [0.2, 0.25) is 5.16 Å². The maximum atomic E-state index is 12.9. The summed E-state index contributed by atoms with van der Waals surface area (Å²) < 4.78 is 1.57. The smallest absolute Gasteiger partial charge is 0.210 e. The molecule has 0 N–H and O–H groups in total. The molecule has 0 saturated carbocycles. The molecule has 3 rings (SSSR count). The van der Waals surface area contributed by atoms with Crippen molar-refractivity contribution in [3.8, 4) is 0 Å². The second-order valence-electron chi connectivity index (χ2n) is 4.72. The number of thioether (sulfide) groups is 1. The van der Waals surface area contributed by atoms with E-state index in [1.807, 2.05) is 60.7 Å². The Hall–Kier alpha value is -2.47. The highest BCUT2D eigenvalue weighted by molar-refractivity contribution is 8.00. The molecule has 0 aliphatic carbocycles. The molecule has 1 aromatic heterocycles. The summed E-state index contributed by atoms with van der Waals surface area (Å²) in [4.78, 5) is 12.9. The summed E-state index contributed by atoms with van der Waals surface area (Å²) in [5.41, 5.74) is 1.61. The van der Waals surface area contributed by atoms with Crippen LogP contribution in [0.2, 0.25) is 0 Å². The maximum Gasteiger partial charge on any atom is 0.210 e. The SMILES string of the molecule is Cn1nnnc1S[C@H](C(=O)c1ccccc1)c1ccccc1. The molecule has 3 aromatic rings. The number of benzene rings is 2. The van der Waals surface area contributed by atoms with Crippen LogP contribution in [-0.2, 0) is 7.05 Å². The van der Waals surface area contributed by atoms with Gasteiger partial charge >= 0.3 is 0 Å². The molecule has 2 aromatic carbocycles. The third kappa shape index (κ3) is 3.07. The summed E-state index contributed by atoms with van der Waals surface area (Å²) in [6.07, 6.45) is 0. The van der Waals surface area contributed by atoms with E-state index < -0.39 is 0 Å². The summed E-state index contributed by atoms with van der Waals surface area (Å²) >= 11 is 1.36. The minimum atomic E-state index is -0.381. The zero-order chi connectivity index (χ0) is 15.4. The fourth-order valence-corrected chi connectivity index (χ4v) is 3.10. The number of aromatic nitrogens is 4. The van der Waals surface area contributed by atoms with E-state index in [1.165, 1.54) is 11.8 Å². The van der Waals surface area contributed by atoms with Crippen LogP contribution in [0.25, 0.3) is 0 Å². The van der Waals surface area contributed by atoms with Gasteiger partial charge in [-0.3, -0.25) is 4.79 Å². The monoisotopic (exact) mass is 310 g/mol. The number of aryl methyl sites for hydroxylation is 1. The van der Waals surface area contributed by atoms with Crippen LogP contribution in [0.5, 0.6) is 0 Å². The summed E-state index contributed by atoms with van der Waals surface area (Å²) in [6, 6.07) is 19.0. The van der Waals surface area contributed by atoms with Gasteiger partial charge in [-0.1, -0.05) is 72.4 Å². The van der Waals surface area contributed by atoms with Crippen molar-refractivity contribution in [1.82, 2.24) is 20.2 Å². The first-order chi connectivity index (χ1) is 10.8. The van der Waals surface area contributed by atoms with Gasteiger partial charge in [-0.2, -0.15) is 0 Å². The van der Waals surface area contributed by atoms with Crippen molar-refractivity contribution in [2.24, 2.45) is 7.05 Å². The summed E-state index contributed by atoms with van der Waals surface area (Å²) in [5.74, 6) is 0.0415. The Kier molecular flexibility index (Phi) is 4.29. The summed E-state index contributed by atoms with van der Waals surface area (Å²) in [6.45, 7) is 0. The van der Waals surface area contributed by atoms with Crippen molar-refractivity contribution in [2.45, 2.75) is 10.4 Å². The molecular formula is C16H14N4OS. The van der Waals surface area contributed by atoms with Gasteiger partial charge < -0.3 is 0 Å². The molecule has 1 heterocycles. The van der Waals surface area contributed by atoms with Gasteiger partial charge in [-0.15, -0.1) is 5.10 Å². The largest absolute Gasteiger partial charge is 0.293 e. The van der Waals surface area contributed by atoms with Crippen molar-refractivity contribution >= 4 is 17.5 Å². The second kappa shape index (κ2) is 6.53. The zero-order valence-electron chi connectivity index (χ0n) is 12.0. The average molecular weight is 310 g/mol. The van der Waals surface area contributed by atoms with Crippen LogP contribution < -0.4 is 0 Å². The number of ketones is 1. The Morgan fingerprint density at radius 3 is 2.27 bits per heavy atom. The normalized spacial score (nSPS) is 12.0. The van der Waals surface area contributed by atoms with Crippen LogP contribution in [0.15, 0.2) is 65.8 Å². The second-order valence-corrected chi connectivity index (χ2v) is 5.80. The molecule has 0 radical (unpaired) electrons. The molecule has 0 aliphatic heterocycles. The van der Waals surface area contributed by atoms with Gasteiger partial charge in [-0.25, -0.2) is 4.68 Å². The van der Waals surface area contributed by atoms with Gasteiger partial charge in [0, 0.05) is 12.6 Å². The van der Waals surface area contributed by atoms with Crippen LogP contribution in [0.4, 0.5) is 0 Å². The van der Waals surface area contributed by atoms with E-state index in [9.17, 15) is 4.79 Å². The fraction of sp³-hybridized carbons (Fsp3) is 0.125. The molecule has 6 heteroatoms. The lowest BCUT2D eigenvalue weighted by Gasteiger charge is -2.15. The first-order valence-electron chi connectivity index (χ1n) is 6.79. The number of tetrazole rings is 1. The highest BCUT2D eigenvalue weighted by atomic mass is 32.2. The number of Topliss-reactive ketones (excluding diaryl/α,β-unsaturated/α-hetero) is 1. The molecule has 0 unspecified atom stereocenters. The summed E-state index contributed by atoms with van der Waals surface area (Å²) in [7, 11) is 1.76. The molecule has 0 amide bonds. The number of carbonyl (C=O) groups is 1. The highest BCUT2D eigenvalue weighted by Gasteiger charge is 2.25. The van der Waals surface area contributed by atoms with Crippen LogP contribution in [0, 0.1) is 0 Å². The third-order valence-electron chi connectivity index (χ3n) is 3.20. The van der Waals surface area contributed by atoms with E-state index in [1.54, 1.807) is 11.7 Å². The Morgan fingerprint density at radius 2 is 1.68 bits per heavy atom. The van der Waals surface area contributed by atoms with E-state index >= 15 is 0 Å². The molecule has 0 spiro atoms. The lowest BCUT2D eigenvalue weighted by molar-refractivity contribution is 0.0989. The first-order valence-corrected chi connectivity index (χ1v) is 7.67. The van der Waals surface area contributed by atoms with Crippen LogP contribution >= 0.6 is 11.8 Å². The first kappa shape index (κ1) is 14.5. The van der Waals surface area contributed by atoms with Crippen LogP contribution in [0.3, 0.4) is 0 Å². The number of hydrogen-bond donors (Lipinski definition) is 0. The Labute approximate surface area is 132 Å². The van der Waals surface area contributed by atoms with Gasteiger partial charge in [0.1, 0.15) is 5.25 Å². The molecular weight excluding hydrogens is 296 g/mol. The Morgan fingerprint density at radius 1 is 1.05 bits per heavy atom. The minimum absolute atomic E-state index is 0.0415. The van der Waals surface area contributed by atoms with Gasteiger partial charge in [0.25, 0.3) is 0 Å². The van der Waals surface area contributed by atoms with Crippen molar-refractivity contribution in [1.29, 1.82) is 0 Å². The molecule has 110 valence electrons. The number of nitrogens with zero attached hydrogens (tertiary/aromatic N) is 4. The van der Waals surface area contributed by atoms with E-state index in [0.29, 0.717) is 10.7 Å². The Balaban J connectivity index is 1.96. The van der Waals surface area contributed by atoms with E-state index in [-0.39, 0.29) is 11.0 Å². The molecule has 22 heavy (non-hydrogen) atoms. The topological polar surface area (TPSA) is 60.7 Å². The lowest BCUT2D eigenvalue weighted by Crippen LogP contribution is -2.11. The molecule has 0 saturated heterocycles. The van der Waals surface area contributed by atoms with Crippen LogP contribution in [-0.4, -0.2) is 26.0 Å². The molecule has 1 atom stereocenters. The predicted octanol–water partition coefficient (Wildman–Crippen LogP) is 2.93. The van der Waals surface area contributed by atoms with Gasteiger partial charge in [0.05, 0.1) is 0 Å². The highest BCUT2D eigenvalue weighted by Crippen LogP contribution is 2.36. The fourth-order valence-electron chi connectivity index (χ4n) is 2.08. The maximum absolute atomic E-state index is 12.9. The summed E-state index contributed by atoms with van der Waals surface area (Å²) in [5, 5.41) is 11.6. The zero-order valence-corrected chi connectivity index (χ0v) is 12.8. The van der Waals surface area contributed by atoms with Crippen molar-refractivity contribution in [2.75, 3.05) is 0 Å². The molecule has 0 aliphatic rings. The predicted molar refractivity (Wildman–Crippen MR) is 84.6 cm³/mol. The molecule has 0 fully saturated rings. The van der Waals surface area contributed by atoms with Crippen molar-refractivity contribution < 1.29 is 4.79 Å². The number of rotatable bonds is 5. The standard InChI is InChI=1S/C16H14N4OS/c1-20-16(17-18-19-20)22-15(13-10-6-3-7-11-13)14(21)12-8-4-2-5-9-12/h2-11,15H,1H3/t15-/m0/s1. The van der Waals surface area contributed by atoms with Gasteiger partial charge in [0.15, 0.2) is 5.78 Å². The third-order valence-corrected chi connectivity index (χ3v) is 4.48. The van der Waals surface area contributed by atoms with Gasteiger partial charge in [-0.05, 0) is 16.0 Å². The quantitative estimate of drug-likeness (QED) is 0.535. The average Bonchev–Trinajstić information content (AvgIpc) is 2.98. The van der Waals surface area contributed by atoms with Crippen LogP contribution in [0.1, 0.15) is 21.2 Å². The molecule has 5 nitrogen and oxygen atoms in total. The van der Waals surface area contributed by atoms with E-state index in [4.69, 9.17) is 0 Å². The number of carbonyl (C=O) groups excluding carboxylic acids is 1. The molecule has 0 bridgehead atoms. The lowest BCUT2D eigenvalue weighted by atomic mass is 10.0. The minimum Gasteiger partial charge on any atom is -0.293 e. The number of hydrogen-bond acceptors (Lipinski definition) is 5. The van der Waals surface area contributed by atoms with E-state index in [0.717, 1.165) is 5.56 Å².